The molecule has 1 aliphatic rings. The van der Waals surface area contributed by atoms with Crippen LogP contribution in [0, 0.1) is 0 Å². The van der Waals surface area contributed by atoms with E-state index in [0.29, 0.717) is 0 Å². The molecule has 5 N–H and O–H groups in total. The zero-order valence-corrected chi connectivity index (χ0v) is 23.5. The van der Waals surface area contributed by atoms with Gasteiger partial charge in [-0.1, -0.05) is 41.5 Å². The Balaban J connectivity index is 0.000000404. The SMILES string of the molecule is CCN(CC)CC.CCN(CC)CC.Nc1ncnc2c1ncn2[C@@H]1O[C@H](COP(=O)(O)O)[C@@H](O)[C@H]1F. The van der Waals surface area contributed by atoms with E-state index in [1.54, 1.807) is 0 Å². The first-order chi connectivity index (χ1) is 17.5. The number of ether oxygens (including phenoxy) is 1. The van der Waals surface area contributed by atoms with Gasteiger partial charge in [0.1, 0.15) is 24.1 Å². The lowest BCUT2D eigenvalue weighted by Gasteiger charge is -2.15. The predicted molar refractivity (Wildman–Crippen MR) is 139 cm³/mol. The number of alkyl halides is 1. The summed E-state index contributed by atoms with van der Waals surface area (Å²) in [5.74, 6) is 0.101. The number of nitrogens with zero attached hydrogens (tertiary/aromatic N) is 6. The molecule has 3 rings (SSSR count). The maximum atomic E-state index is 14.3. The molecule has 0 aliphatic carbocycles. The Hall–Kier alpha value is -1.77. The molecule has 3 heterocycles. The van der Waals surface area contributed by atoms with Gasteiger partial charge in [-0.05, 0) is 39.3 Å². The van der Waals surface area contributed by atoms with Crippen LogP contribution in [0.3, 0.4) is 0 Å². The van der Waals surface area contributed by atoms with Gasteiger partial charge < -0.3 is 35.2 Å². The summed E-state index contributed by atoms with van der Waals surface area (Å²) in [6, 6.07) is 0. The number of aromatic nitrogens is 4. The molecule has 37 heavy (non-hydrogen) atoms. The zero-order chi connectivity index (χ0) is 28.2. The summed E-state index contributed by atoms with van der Waals surface area (Å²) in [6.07, 6.45) is -3.68. The van der Waals surface area contributed by atoms with Crippen molar-refractivity contribution in [2.24, 2.45) is 0 Å². The van der Waals surface area contributed by atoms with Gasteiger partial charge in [0.15, 0.2) is 23.9 Å². The first-order valence-corrected chi connectivity index (χ1v) is 14.1. The second kappa shape index (κ2) is 16.2. The third-order valence-electron chi connectivity index (χ3n) is 6.05. The molecule has 0 spiro atoms. The van der Waals surface area contributed by atoms with E-state index in [1.807, 2.05) is 0 Å². The van der Waals surface area contributed by atoms with E-state index in [4.69, 9.17) is 20.3 Å². The molecule has 214 valence electrons. The molecule has 13 nitrogen and oxygen atoms in total. The van der Waals surface area contributed by atoms with Crippen LogP contribution in [0.2, 0.25) is 0 Å². The van der Waals surface area contributed by atoms with Gasteiger partial charge in [-0.15, -0.1) is 0 Å². The van der Waals surface area contributed by atoms with Gasteiger partial charge in [-0.3, -0.25) is 9.09 Å². The average molecular weight is 552 g/mol. The van der Waals surface area contributed by atoms with Gasteiger partial charge in [0.25, 0.3) is 0 Å². The van der Waals surface area contributed by atoms with E-state index in [9.17, 15) is 14.1 Å². The Morgan fingerprint density at radius 1 is 1.03 bits per heavy atom. The summed E-state index contributed by atoms with van der Waals surface area (Å²) in [7, 11) is -4.76. The number of nitrogen functional groups attached to an aromatic ring is 1. The summed E-state index contributed by atoms with van der Waals surface area (Å²) >= 11 is 0. The van der Waals surface area contributed by atoms with Gasteiger partial charge in [0, 0.05) is 0 Å². The molecule has 1 aliphatic heterocycles. The number of imidazole rings is 1. The van der Waals surface area contributed by atoms with Crippen molar-refractivity contribution < 1.29 is 33.1 Å². The monoisotopic (exact) mass is 551 g/mol. The Labute approximate surface area is 218 Å². The maximum Gasteiger partial charge on any atom is 0.469 e. The molecule has 4 atom stereocenters. The van der Waals surface area contributed by atoms with Gasteiger partial charge in [-0.25, -0.2) is 23.9 Å². The van der Waals surface area contributed by atoms with E-state index in [-0.39, 0.29) is 17.0 Å². The van der Waals surface area contributed by atoms with Crippen LogP contribution in [-0.2, 0) is 13.8 Å². The van der Waals surface area contributed by atoms with Crippen molar-refractivity contribution in [3.05, 3.63) is 12.7 Å². The fraction of sp³-hybridized carbons (Fsp3) is 0.773. The lowest BCUT2D eigenvalue weighted by atomic mass is 10.1. The predicted octanol–water partition coefficient (Wildman–Crippen LogP) is 1.81. The smallest absolute Gasteiger partial charge is 0.387 e. The largest absolute Gasteiger partial charge is 0.469 e. The number of fused-ring (bicyclic) bond motifs is 1. The lowest BCUT2D eigenvalue weighted by molar-refractivity contribution is -0.0451. The molecule has 0 bridgehead atoms. The van der Waals surface area contributed by atoms with E-state index in [0.717, 1.165) is 0 Å². The molecule has 1 fully saturated rings. The highest BCUT2D eigenvalue weighted by atomic mass is 31.2. The Kier molecular flexibility index (Phi) is 14.6. The molecular formula is C22H43FN7O6P. The summed E-state index contributed by atoms with van der Waals surface area (Å²) < 4.78 is 35.8. The van der Waals surface area contributed by atoms with Crippen LogP contribution in [0.5, 0.6) is 0 Å². The minimum Gasteiger partial charge on any atom is -0.387 e. The lowest BCUT2D eigenvalue weighted by Crippen LogP contribution is -2.31. The van der Waals surface area contributed by atoms with E-state index < -0.39 is 39.0 Å². The first-order valence-electron chi connectivity index (χ1n) is 12.5. The quantitative estimate of drug-likeness (QED) is 0.316. The third-order valence-corrected chi connectivity index (χ3v) is 6.53. The third kappa shape index (κ3) is 10.1. The Morgan fingerprint density at radius 3 is 1.97 bits per heavy atom. The van der Waals surface area contributed by atoms with Crippen molar-refractivity contribution in [1.82, 2.24) is 29.3 Å². The van der Waals surface area contributed by atoms with Crippen molar-refractivity contribution in [3.63, 3.8) is 0 Å². The molecular weight excluding hydrogens is 508 g/mol. The highest BCUT2D eigenvalue weighted by Crippen LogP contribution is 2.39. The fourth-order valence-corrected chi connectivity index (χ4v) is 3.97. The van der Waals surface area contributed by atoms with E-state index >= 15 is 0 Å². The molecule has 0 amide bonds. The number of halogens is 1. The normalized spacial score (nSPS) is 21.6. The van der Waals surface area contributed by atoms with E-state index in [1.165, 1.54) is 56.5 Å². The van der Waals surface area contributed by atoms with Crippen molar-refractivity contribution >= 4 is 24.8 Å². The molecule has 2 aromatic heterocycles. The van der Waals surface area contributed by atoms with Crippen molar-refractivity contribution in [3.8, 4) is 0 Å². The van der Waals surface area contributed by atoms with Crippen molar-refractivity contribution in [1.29, 1.82) is 0 Å². The van der Waals surface area contributed by atoms with Crippen LogP contribution in [0.15, 0.2) is 12.7 Å². The number of hydrogen-bond acceptors (Lipinski definition) is 10. The summed E-state index contributed by atoms with van der Waals surface area (Å²) in [5, 5.41) is 9.83. The van der Waals surface area contributed by atoms with Crippen molar-refractivity contribution in [2.45, 2.75) is 66.1 Å². The average Bonchev–Trinajstić information content (AvgIpc) is 3.42. The van der Waals surface area contributed by atoms with Crippen LogP contribution in [0.4, 0.5) is 10.2 Å². The van der Waals surface area contributed by atoms with Crippen LogP contribution in [0.25, 0.3) is 11.2 Å². The van der Waals surface area contributed by atoms with E-state index in [2.05, 4.69) is 70.8 Å². The number of rotatable bonds is 10. The number of phosphoric acid groups is 1. The van der Waals surface area contributed by atoms with Crippen LogP contribution in [0.1, 0.15) is 47.8 Å². The second-order valence-electron chi connectivity index (χ2n) is 8.11. The minimum absolute atomic E-state index is 0.101. The molecule has 0 aromatic carbocycles. The molecule has 0 radical (unpaired) electrons. The molecule has 15 heteroatoms. The van der Waals surface area contributed by atoms with Gasteiger partial charge in [0.05, 0.1) is 12.9 Å². The summed E-state index contributed by atoms with van der Waals surface area (Å²) in [5.41, 5.74) is 6.08. The number of aliphatic hydroxyl groups excluding tert-OH is 1. The van der Waals surface area contributed by atoms with Crippen LogP contribution >= 0.6 is 7.82 Å². The summed E-state index contributed by atoms with van der Waals surface area (Å²) in [4.78, 5) is 33.7. The number of nitrogens with two attached hydrogens (primary N) is 1. The Bertz CT molecular complexity index is 934. The molecule has 2 aromatic rings. The molecule has 1 saturated heterocycles. The minimum atomic E-state index is -4.76. The maximum absolute atomic E-state index is 14.3. The second-order valence-corrected chi connectivity index (χ2v) is 9.35. The number of hydrogen-bond donors (Lipinski definition) is 4. The number of phosphoric ester groups is 1. The van der Waals surface area contributed by atoms with Gasteiger partial charge >= 0.3 is 7.82 Å². The number of aliphatic hydroxyl groups is 1. The highest BCUT2D eigenvalue weighted by Gasteiger charge is 2.46. The molecule has 0 unspecified atom stereocenters. The van der Waals surface area contributed by atoms with Crippen LogP contribution < -0.4 is 5.73 Å². The van der Waals surface area contributed by atoms with Gasteiger partial charge in [-0.2, -0.15) is 0 Å². The summed E-state index contributed by atoms with van der Waals surface area (Å²) in [6.45, 7) is 19.6. The zero-order valence-electron chi connectivity index (χ0n) is 22.6. The standard InChI is InChI=1S/C10H13FN5O6P.2C6H15N/c11-5-7(17)4(1-21-23(18,19)20)22-10(5)16-3-15-6-8(12)13-2-14-9(6)16;2*1-4-7(5-2)6-3/h2-5,7,10,17H,1H2,(H2,12,13,14)(H2,18,19,20);2*4-6H2,1-3H3/t4-,5-,7-,10-;;/m1../s1. The Morgan fingerprint density at radius 2 is 1.54 bits per heavy atom. The van der Waals surface area contributed by atoms with Crippen LogP contribution in [-0.4, -0.2) is 108 Å². The fourth-order valence-electron chi connectivity index (χ4n) is 3.63. The van der Waals surface area contributed by atoms with Crippen molar-refractivity contribution in [2.75, 3.05) is 51.6 Å². The topological polar surface area (TPSA) is 172 Å². The first kappa shape index (κ1) is 33.3. The molecule has 0 saturated carbocycles. The highest BCUT2D eigenvalue weighted by molar-refractivity contribution is 7.46. The number of anilines is 1. The van der Waals surface area contributed by atoms with Gasteiger partial charge in [0.2, 0.25) is 0 Å².